The number of rotatable bonds is 11. The van der Waals surface area contributed by atoms with Crippen molar-refractivity contribution in [3.8, 4) is 0 Å². The van der Waals surface area contributed by atoms with Crippen LogP contribution < -0.4 is 0 Å². The molecule has 4 fully saturated rings. The summed E-state index contributed by atoms with van der Waals surface area (Å²) < 4.78 is 69.4. The number of carbonyl (C=O) groups is 2. The molecule has 69 heavy (non-hydrogen) atoms. The van der Waals surface area contributed by atoms with Gasteiger partial charge in [0.15, 0.2) is 18.4 Å². The van der Waals surface area contributed by atoms with E-state index in [2.05, 4.69) is 32.9 Å². The Balaban J connectivity index is 1.21. The number of fused-ring (bicyclic) bond motifs is 2. The molecule has 7 rings (SSSR count). The number of allylic oxidation sites excluding steroid dienone is 3. The van der Waals surface area contributed by atoms with Crippen molar-refractivity contribution in [2.75, 3.05) is 27.4 Å². The zero-order chi connectivity index (χ0) is 49.9. The number of methoxy groups -OCH3 is 2. The molecule has 20 atom stereocenters. The molecular formula is C53H78O16. The Bertz CT molecular complexity index is 1990. The second-order valence-corrected chi connectivity index (χ2v) is 20.6. The van der Waals surface area contributed by atoms with Crippen molar-refractivity contribution in [2.24, 2.45) is 23.7 Å². The number of esters is 2. The summed E-state index contributed by atoms with van der Waals surface area (Å²) >= 11 is 0. The number of ether oxygens (including phenoxy) is 11. The van der Waals surface area contributed by atoms with Gasteiger partial charge in [-0.15, -0.1) is 0 Å². The maximum Gasteiger partial charge on any atom is 0.331 e. The van der Waals surface area contributed by atoms with Crippen LogP contribution in [0.4, 0.5) is 0 Å². The maximum atomic E-state index is 14.7. The van der Waals surface area contributed by atoms with Crippen LogP contribution in [-0.2, 0) is 61.7 Å². The van der Waals surface area contributed by atoms with E-state index in [-0.39, 0.29) is 49.1 Å². The summed E-state index contributed by atoms with van der Waals surface area (Å²) in [6.07, 6.45) is 8.21. The first kappa shape index (κ1) is 53.7. The van der Waals surface area contributed by atoms with Crippen LogP contribution in [0, 0.1) is 23.7 Å². The minimum Gasteiger partial charge on any atom is -0.462 e. The second-order valence-electron chi connectivity index (χ2n) is 20.6. The van der Waals surface area contributed by atoms with Crippen LogP contribution >= 0.6 is 0 Å². The molecule has 1 spiro atoms. The van der Waals surface area contributed by atoms with E-state index in [9.17, 15) is 24.9 Å². The van der Waals surface area contributed by atoms with Crippen molar-refractivity contribution < 1.29 is 77.0 Å². The second kappa shape index (κ2) is 22.8. The molecule has 0 aromatic carbocycles. The van der Waals surface area contributed by atoms with Gasteiger partial charge in [-0.3, -0.25) is 4.79 Å². The first-order chi connectivity index (χ1) is 32.8. The molecule has 0 amide bonds. The zero-order valence-electron chi connectivity index (χ0n) is 42.3. The Hall–Kier alpha value is -3.10. The van der Waals surface area contributed by atoms with Gasteiger partial charge in [0.1, 0.15) is 48.6 Å². The van der Waals surface area contributed by atoms with E-state index in [0.29, 0.717) is 31.3 Å². The van der Waals surface area contributed by atoms with E-state index in [4.69, 9.17) is 52.1 Å². The molecule has 0 saturated carbocycles. The van der Waals surface area contributed by atoms with Gasteiger partial charge in [0, 0.05) is 57.8 Å². The quantitative estimate of drug-likeness (QED) is 0.126. The Morgan fingerprint density at radius 1 is 0.942 bits per heavy atom. The third-order valence-electron chi connectivity index (χ3n) is 15.2. The zero-order valence-corrected chi connectivity index (χ0v) is 42.3. The Kier molecular flexibility index (Phi) is 17.7. The highest BCUT2D eigenvalue weighted by Crippen LogP contribution is 2.47. The van der Waals surface area contributed by atoms with Gasteiger partial charge in [-0.25, -0.2) is 4.79 Å². The molecule has 3 N–H and O–H groups in total. The lowest BCUT2D eigenvalue weighted by molar-refractivity contribution is -0.318. The van der Waals surface area contributed by atoms with Crippen LogP contribution in [0.2, 0.25) is 0 Å². The normalized spacial score (nSPS) is 45.2. The summed E-state index contributed by atoms with van der Waals surface area (Å²) in [5, 5.41) is 35.0. The highest BCUT2D eigenvalue weighted by molar-refractivity contribution is 5.83. The summed E-state index contributed by atoms with van der Waals surface area (Å²) in [5.74, 6) is -3.73. The highest BCUT2D eigenvalue weighted by Gasteiger charge is 2.61. The molecule has 386 valence electrons. The van der Waals surface area contributed by atoms with Gasteiger partial charge in [0.2, 0.25) is 0 Å². The Morgan fingerprint density at radius 2 is 1.65 bits per heavy atom. The molecule has 0 aromatic heterocycles. The lowest BCUT2D eigenvalue weighted by Crippen LogP contribution is -2.58. The predicted octanol–water partition coefficient (Wildman–Crippen LogP) is 5.87. The van der Waals surface area contributed by atoms with E-state index >= 15 is 0 Å². The largest absolute Gasteiger partial charge is 0.462 e. The fourth-order valence-corrected chi connectivity index (χ4v) is 11.0. The van der Waals surface area contributed by atoms with Crippen LogP contribution in [-0.4, -0.2) is 152 Å². The number of carbonyl (C=O) groups excluding carboxylic acids is 2. The summed E-state index contributed by atoms with van der Waals surface area (Å²) in [7, 11) is 3.20. The molecule has 4 saturated heterocycles. The predicted molar refractivity (Wildman–Crippen MR) is 252 cm³/mol. The van der Waals surface area contributed by atoms with Crippen molar-refractivity contribution in [3.05, 3.63) is 70.9 Å². The van der Waals surface area contributed by atoms with Gasteiger partial charge in [0.25, 0.3) is 0 Å². The highest BCUT2D eigenvalue weighted by atomic mass is 16.7. The summed E-state index contributed by atoms with van der Waals surface area (Å²) in [4.78, 5) is 27.3. The van der Waals surface area contributed by atoms with Gasteiger partial charge in [-0.1, -0.05) is 76.1 Å². The lowest BCUT2D eigenvalue weighted by atomic mass is 9.70. The molecule has 6 aliphatic heterocycles. The van der Waals surface area contributed by atoms with Gasteiger partial charge in [-0.05, 0) is 69.8 Å². The summed E-state index contributed by atoms with van der Waals surface area (Å²) in [6.45, 7) is 17.3. The molecule has 1 aliphatic carbocycles. The van der Waals surface area contributed by atoms with E-state index in [0.717, 1.165) is 17.6 Å². The maximum absolute atomic E-state index is 14.7. The SMILES string of the molecule is CC[C@H](C)[C@H]1O[C@]2(C=C[C@@H]1C)C[C@@H]1C[C@@H](C/C=C(\C)[C@@H](O[C@H]3C[C@H](OC)[C@@H](O[C@H]4C[C@H](OC)[C@@H](O)[C@H](C)O4)[C@H](C)O3)[C@@H](C)/C=C/C=C3\CO[C@@H]4[C@H](O)C(COC(=O)C=C(C)C)=C[C@@H](C(=O)O1)[C@]34O)O2. The number of hydrogen-bond donors (Lipinski definition) is 3. The van der Waals surface area contributed by atoms with Crippen LogP contribution in [0.25, 0.3) is 0 Å². The molecule has 16 nitrogen and oxygen atoms in total. The standard InChI is InChI=1S/C53H78O16/c1-12-29(4)48-32(7)18-19-52(69-48)25-38-22-37(68-52)17-16-31(6)47(66-44-24-41(60-11)49(34(9)64-44)67-43-23-40(59-10)45(55)33(8)63-43)30(5)14-13-15-36-27-62-50-46(56)35(26-61-42(54)20-28(2)3)21-39(51(57)65-38)53(36,50)58/h13-16,18-21,29-30,32-34,37-41,43-50,55-56,58H,12,17,22-27H2,1-11H3/b14-13+,31-16+,36-15+/t29-,30-,32-,33-,34-,37+,38-,39-,40-,41-,43-,44-,45-,46+,47-,48+,49-,50+,52+,53+/m0/s1. The molecule has 7 aliphatic rings. The molecule has 0 aromatic rings. The van der Waals surface area contributed by atoms with Crippen molar-refractivity contribution >= 4 is 11.9 Å². The first-order valence-corrected chi connectivity index (χ1v) is 25.0. The molecular weight excluding hydrogens is 893 g/mol. The molecule has 0 unspecified atom stereocenters. The number of hydrogen-bond acceptors (Lipinski definition) is 16. The Labute approximate surface area is 407 Å². The Morgan fingerprint density at radius 3 is 2.36 bits per heavy atom. The molecule has 16 heteroatoms. The minimum atomic E-state index is -2.01. The van der Waals surface area contributed by atoms with Crippen LogP contribution in [0.1, 0.15) is 101 Å². The van der Waals surface area contributed by atoms with E-state index in [1.807, 2.05) is 32.9 Å². The fraction of sp³-hybridized carbons (Fsp3) is 0.736. The van der Waals surface area contributed by atoms with Crippen LogP contribution in [0.5, 0.6) is 0 Å². The van der Waals surface area contributed by atoms with Crippen molar-refractivity contribution in [3.63, 3.8) is 0 Å². The number of aliphatic hydroxyl groups is 3. The topological polar surface area (TPSA) is 196 Å². The smallest absolute Gasteiger partial charge is 0.331 e. The van der Waals surface area contributed by atoms with E-state index < -0.39 is 109 Å². The van der Waals surface area contributed by atoms with Crippen LogP contribution in [0.15, 0.2) is 70.9 Å². The fourth-order valence-electron chi connectivity index (χ4n) is 11.0. The van der Waals surface area contributed by atoms with Gasteiger partial charge in [0.05, 0.1) is 49.3 Å². The van der Waals surface area contributed by atoms with E-state index in [1.165, 1.54) is 12.2 Å². The summed E-state index contributed by atoms with van der Waals surface area (Å²) in [6, 6.07) is 0. The molecule has 0 radical (unpaired) electrons. The van der Waals surface area contributed by atoms with Crippen molar-refractivity contribution in [1.82, 2.24) is 0 Å². The first-order valence-electron chi connectivity index (χ1n) is 25.0. The molecule has 2 bridgehead atoms. The average molecular weight is 971 g/mol. The lowest BCUT2D eigenvalue weighted by Gasteiger charge is -2.48. The number of aliphatic hydroxyl groups excluding tert-OH is 2. The van der Waals surface area contributed by atoms with Crippen LogP contribution in [0.3, 0.4) is 0 Å². The minimum absolute atomic E-state index is 0.0818. The van der Waals surface area contributed by atoms with Gasteiger partial charge in [-0.2, -0.15) is 0 Å². The third kappa shape index (κ3) is 11.9. The van der Waals surface area contributed by atoms with Gasteiger partial charge >= 0.3 is 11.9 Å². The average Bonchev–Trinajstić information content (AvgIpc) is 3.65. The monoisotopic (exact) mass is 971 g/mol. The van der Waals surface area contributed by atoms with Crippen molar-refractivity contribution in [2.45, 2.75) is 198 Å². The third-order valence-corrected chi connectivity index (χ3v) is 15.2. The molecule has 6 heterocycles. The van der Waals surface area contributed by atoms with Gasteiger partial charge < -0.3 is 67.4 Å². The van der Waals surface area contributed by atoms with Crippen molar-refractivity contribution in [1.29, 1.82) is 0 Å². The van der Waals surface area contributed by atoms with E-state index in [1.54, 1.807) is 47.1 Å². The summed E-state index contributed by atoms with van der Waals surface area (Å²) in [5.41, 5.74) is 0.247.